The van der Waals surface area contributed by atoms with Gasteiger partial charge in [0.15, 0.2) is 12.1 Å². The molecule has 0 aromatic rings. The van der Waals surface area contributed by atoms with Crippen molar-refractivity contribution in [2.45, 2.75) is 129 Å². The molecule has 14 nitrogen and oxygen atoms in total. The first-order chi connectivity index (χ1) is 23.2. The molecule has 0 bridgehead atoms. The number of cyclic esters (lactones) is 1. The number of likely N-dealkylation sites (N-methyl/N-ethyl adjacent to an activating group) is 2. The molecule has 2 saturated heterocycles. The van der Waals surface area contributed by atoms with Gasteiger partial charge in [0, 0.05) is 50.5 Å². The van der Waals surface area contributed by atoms with Crippen molar-refractivity contribution in [2.75, 3.05) is 61.5 Å². The zero-order valence-electron chi connectivity index (χ0n) is 32.8. The van der Waals surface area contributed by atoms with E-state index >= 15 is 0 Å². The van der Waals surface area contributed by atoms with Gasteiger partial charge < -0.3 is 54.2 Å². The number of carbonyl (C=O) groups is 2. The highest BCUT2D eigenvalue weighted by molar-refractivity contribution is 6.00. The molecule has 50 heavy (non-hydrogen) atoms. The van der Waals surface area contributed by atoms with Gasteiger partial charge >= 0.3 is 5.97 Å². The molecule has 13 atom stereocenters. The third-order valence-corrected chi connectivity index (χ3v) is 10.6. The molecule has 14 heteroatoms. The van der Waals surface area contributed by atoms with E-state index in [4.69, 9.17) is 23.8 Å². The van der Waals surface area contributed by atoms with Crippen LogP contribution in [0.15, 0.2) is 5.16 Å². The quantitative estimate of drug-likeness (QED) is 0.0997. The number of Topliss-reactive ketones (excluding diaryl/α,β-unsaturated/α-hetero) is 1. The second-order valence-electron chi connectivity index (χ2n) is 15.4. The Hall–Kier alpha value is -1.75. The Morgan fingerprint density at radius 3 is 2.22 bits per heavy atom. The molecular weight excluding hydrogens is 648 g/mol. The highest BCUT2D eigenvalue weighted by Crippen LogP contribution is 2.38. The Balaban J connectivity index is 2.63. The summed E-state index contributed by atoms with van der Waals surface area (Å²) in [5.74, 6) is -4.61. The van der Waals surface area contributed by atoms with E-state index in [1.807, 2.05) is 53.9 Å². The number of aliphatic hydroxyl groups excluding tert-OH is 2. The third-order valence-electron chi connectivity index (χ3n) is 10.6. The van der Waals surface area contributed by atoms with Gasteiger partial charge in [0.1, 0.15) is 30.3 Å². The molecule has 0 spiro atoms. The van der Waals surface area contributed by atoms with E-state index in [2.05, 4.69) is 15.4 Å². The number of hydrogen-bond acceptors (Lipinski definition) is 14. The predicted molar refractivity (Wildman–Crippen MR) is 191 cm³/mol. The number of nitrogens with zero attached hydrogens (tertiary/aromatic N) is 3. The molecule has 292 valence electrons. The van der Waals surface area contributed by atoms with Crippen molar-refractivity contribution in [1.82, 2.24) is 15.1 Å². The van der Waals surface area contributed by atoms with Crippen LogP contribution in [0.25, 0.3) is 0 Å². The topological polar surface area (TPSA) is 172 Å². The summed E-state index contributed by atoms with van der Waals surface area (Å²) in [5.41, 5.74) is -2.64. The SMILES string of the molecule is CC[C@H]1OC(=O)[C@H](C)C(=O)[C@H](C)[C@@H](O[C@@H]2O[C@H](C)C[C@H](N(C)C)[C@H]2O)[C@](C)(OC)C[C@@H](C)/C(=N\OCCNCCN(C)C)[C@H](C)[C@@H](O)[C@]1(C)O. The predicted octanol–water partition coefficient (Wildman–Crippen LogP) is 1.68. The number of carbonyl (C=O) groups excluding carboxylic acids is 2. The minimum Gasteiger partial charge on any atom is -0.459 e. The smallest absolute Gasteiger partial charge is 0.316 e. The van der Waals surface area contributed by atoms with Crippen molar-refractivity contribution in [3.63, 3.8) is 0 Å². The van der Waals surface area contributed by atoms with Crippen molar-refractivity contribution in [3.8, 4) is 0 Å². The number of hydrogen-bond donors (Lipinski definition) is 4. The zero-order valence-corrected chi connectivity index (χ0v) is 32.8. The van der Waals surface area contributed by atoms with Gasteiger partial charge in [-0.05, 0) is 75.1 Å². The number of ether oxygens (including phenoxy) is 4. The van der Waals surface area contributed by atoms with Gasteiger partial charge in [-0.2, -0.15) is 0 Å². The van der Waals surface area contributed by atoms with Gasteiger partial charge in [0.05, 0.1) is 29.6 Å². The second-order valence-corrected chi connectivity index (χ2v) is 15.4. The lowest BCUT2D eigenvalue weighted by atomic mass is 9.74. The molecule has 0 aromatic carbocycles. The lowest BCUT2D eigenvalue weighted by Crippen LogP contribution is -2.60. The molecule has 0 amide bonds. The minimum absolute atomic E-state index is 0.186. The number of aliphatic hydroxyl groups is 3. The molecule has 2 rings (SSSR count). The lowest BCUT2D eigenvalue weighted by Gasteiger charge is -2.47. The Bertz CT molecular complexity index is 1110. The maximum absolute atomic E-state index is 14.1. The average molecular weight is 717 g/mol. The molecule has 0 radical (unpaired) electrons. The van der Waals surface area contributed by atoms with Gasteiger partial charge in [-0.3, -0.25) is 9.59 Å². The molecule has 0 aromatic heterocycles. The van der Waals surface area contributed by atoms with Gasteiger partial charge in [0.25, 0.3) is 0 Å². The molecule has 2 fully saturated rings. The van der Waals surface area contributed by atoms with E-state index in [0.29, 0.717) is 18.7 Å². The van der Waals surface area contributed by atoms with Gasteiger partial charge in [-0.25, -0.2) is 0 Å². The van der Waals surface area contributed by atoms with Gasteiger partial charge in [-0.1, -0.05) is 32.9 Å². The molecule has 4 N–H and O–H groups in total. The lowest BCUT2D eigenvalue weighted by molar-refractivity contribution is -0.295. The Morgan fingerprint density at radius 1 is 1.02 bits per heavy atom. The summed E-state index contributed by atoms with van der Waals surface area (Å²) in [7, 11) is 9.27. The second kappa shape index (κ2) is 19.4. The molecule has 2 aliphatic rings. The first-order valence-electron chi connectivity index (χ1n) is 18.1. The highest BCUT2D eigenvalue weighted by Gasteiger charge is 2.51. The maximum Gasteiger partial charge on any atom is 0.316 e. The van der Waals surface area contributed by atoms with E-state index in [-0.39, 0.29) is 31.6 Å². The first kappa shape index (κ1) is 44.4. The molecular formula is C36H68N4O10. The monoisotopic (exact) mass is 716 g/mol. The van der Waals surface area contributed by atoms with Crippen LogP contribution in [-0.4, -0.2) is 158 Å². The minimum atomic E-state index is -1.89. The highest BCUT2D eigenvalue weighted by atomic mass is 16.7. The van der Waals surface area contributed by atoms with E-state index < -0.39 is 77.3 Å². The summed E-state index contributed by atoms with van der Waals surface area (Å²) in [6.07, 6.45) is -4.89. The zero-order chi connectivity index (χ0) is 38.1. The van der Waals surface area contributed by atoms with E-state index in [9.17, 15) is 24.9 Å². The van der Waals surface area contributed by atoms with Crippen LogP contribution >= 0.6 is 0 Å². The summed E-state index contributed by atoms with van der Waals surface area (Å²) < 4.78 is 24.7. The van der Waals surface area contributed by atoms with Crippen molar-refractivity contribution in [2.24, 2.45) is 28.8 Å². The fraction of sp³-hybridized carbons (Fsp3) is 0.917. The van der Waals surface area contributed by atoms with Crippen LogP contribution in [0.5, 0.6) is 0 Å². The van der Waals surface area contributed by atoms with Crippen LogP contribution in [0, 0.1) is 23.7 Å². The summed E-state index contributed by atoms with van der Waals surface area (Å²) in [4.78, 5) is 37.4. The standard InChI is InChI=1S/C36H68N4O10/c1-14-27-36(8,45)31(43)23(4)28(38-47-18-16-37-15-17-39(9)10)21(2)20-35(7,46-13)32(24(5)29(41)25(6)33(44)49-27)50-34-30(42)26(40(11)12)19-22(3)48-34/h21-27,30-32,34,37,42-43,45H,14-20H2,1-13H3/b38-28+/t21-,22-,23+,24+,25-,26+,27-,30-,31-,32-,34+,35-,36-/m1/s1. The molecule has 0 unspecified atom stereocenters. The fourth-order valence-electron chi connectivity index (χ4n) is 7.28. The Labute approximate surface area is 300 Å². The van der Waals surface area contributed by atoms with E-state index in [1.54, 1.807) is 20.8 Å². The fourth-order valence-corrected chi connectivity index (χ4v) is 7.28. The molecule has 0 saturated carbocycles. The third kappa shape index (κ3) is 11.1. The van der Waals surface area contributed by atoms with Crippen LogP contribution in [0.1, 0.15) is 74.7 Å². The van der Waals surface area contributed by atoms with Crippen molar-refractivity contribution >= 4 is 17.5 Å². The normalized spacial score (nSPS) is 40.6. The number of methoxy groups -OCH3 is 1. The number of nitrogens with one attached hydrogen (secondary N) is 1. The van der Waals surface area contributed by atoms with Crippen molar-refractivity contribution in [1.29, 1.82) is 0 Å². The first-order valence-corrected chi connectivity index (χ1v) is 18.1. The maximum atomic E-state index is 14.1. The molecule has 2 heterocycles. The summed E-state index contributed by atoms with van der Waals surface area (Å²) in [5, 5.41) is 42.6. The number of rotatable bonds is 12. The largest absolute Gasteiger partial charge is 0.459 e. The Morgan fingerprint density at radius 2 is 1.66 bits per heavy atom. The molecule has 0 aliphatic carbocycles. The number of ketones is 1. The summed E-state index contributed by atoms with van der Waals surface area (Å²) in [6, 6.07) is -0.260. The summed E-state index contributed by atoms with van der Waals surface area (Å²) in [6.45, 7) is 16.1. The van der Waals surface area contributed by atoms with Crippen LogP contribution in [-0.2, 0) is 33.4 Å². The van der Waals surface area contributed by atoms with Crippen molar-refractivity contribution < 1.29 is 48.7 Å². The van der Waals surface area contributed by atoms with Crippen LogP contribution in [0.3, 0.4) is 0 Å². The van der Waals surface area contributed by atoms with E-state index in [1.165, 1.54) is 21.0 Å². The van der Waals surface area contributed by atoms with Crippen LogP contribution in [0.2, 0.25) is 0 Å². The number of oxime groups is 1. The summed E-state index contributed by atoms with van der Waals surface area (Å²) >= 11 is 0. The average Bonchev–Trinajstić information content (AvgIpc) is 3.05. The van der Waals surface area contributed by atoms with Crippen molar-refractivity contribution in [3.05, 3.63) is 0 Å². The van der Waals surface area contributed by atoms with Crippen LogP contribution in [0.4, 0.5) is 0 Å². The number of esters is 1. The van der Waals surface area contributed by atoms with Crippen LogP contribution < -0.4 is 5.32 Å². The molecule has 2 aliphatic heterocycles. The van der Waals surface area contributed by atoms with Gasteiger partial charge in [0.2, 0.25) is 0 Å². The van der Waals surface area contributed by atoms with Gasteiger partial charge in [-0.15, -0.1) is 0 Å². The van der Waals surface area contributed by atoms with E-state index in [0.717, 1.165) is 13.1 Å². The Kier molecular flexibility index (Phi) is 17.2.